The lowest BCUT2D eigenvalue weighted by atomic mass is 10.1. The van der Waals surface area contributed by atoms with Crippen LogP contribution >= 0.6 is 0 Å². The van der Waals surface area contributed by atoms with Crippen molar-refractivity contribution in [2.75, 3.05) is 20.7 Å². The van der Waals surface area contributed by atoms with Crippen LogP contribution in [0.25, 0.3) is 0 Å². The Bertz CT molecular complexity index is 433. The van der Waals surface area contributed by atoms with Gasteiger partial charge in [0.25, 0.3) is 0 Å². The third-order valence-corrected chi connectivity index (χ3v) is 3.01. The van der Waals surface area contributed by atoms with Crippen LogP contribution in [-0.2, 0) is 0 Å². The van der Waals surface area contributed by atoms with Gasteiger partial charge in [0.05, 0.1) is 0 Å². The van der Waals surface area contributed by atoms with E-state index in [4.69, 9.17) is 10.00 Å². The smallest absolute Gasteiger partial charge is 0.231 e. The zero-order valence-electron chi connectivity index (χ0n) is 11.1. The molecule has 0 radical (unpaired) electrons. The first kappa shape index (κ1) is 13.5. The van der Waals surface area contributed by atoms with Gasteiger partial charge in [0, 0.05) is 11.7 Å². The number of ether oxygens (including phenoxy) is 1. The van der Waals surface area contributed by atoms with E-state index >= 15 is 0 Å². The van der Waals surface area contributed by atoms with E-state index in [0.717, 1.165) is 5.56 Å². The molecule has 92 valence electrons. The Kier molecular flexibility index (Phi) is 4.08. The van der Waals surface area contributed by atoms with Crippen LogP contribution in [0.5, 0.6) is 5.88 Å². The summed E-state index contributed by atoms with van der Waals surface area (Å²) in [5, 5.41) is 9.06. The lowest BCUT2D eigenvalue weighted by Crippen LogP contribution is -2.43. The number of nitriles is 1. The third kappa shape index (κ3) is 3.18. The fourth-order valence-electron chi connectivity index (χ4n) is 1.15. The van der Waals surface area contributed by atoms with E-state index in [1.165, 1.54) is 0 Å². The molecule has 0 aromatic carbocycles. The molecule has 0 saturated heterocycles. The number of aryl methyl sites for hydroxylation is 1. The Balaban J connectivity index is 2.84. The maximum Gasteiger partial charge on any atom is 0.231 e. The summed E-state index contributed by atoms with van der Waals surface area (Å²) in [5.74, 6) is 0.419. The van der Waals surface area contributed by atoms with E-state index in [2.05, 4.69) is 29.8 Å². The molecule has 0 aliphatic heterocycles. The van der Waals surface area contributed by atoms with E-state index in [-0.39, 0.29) is 5.54 Å². The second-order valence-corrected chi connectivity index (χ2v) is 4.92. The Morgan fingerprint density at radius 2 is 2.12 bits per heavy atom. The molecule has 0 amide bonds. The molecule has 17 heavy (non-hydrogen) atoms. The topological polar surface area (TPSA) is 49.1 Å². The molecule has 0 saturated carbocycles. The standard InChI is InChI=1S/C13H19N3O/c1-10-6-7-15-12(11(10)8-14)17-9-13(2,3)16(4)5/h6-7H,9H2,1-5H3. The van der Waals surface area contributed by atoms with Crippen LogP contribution in [0, 0.1) is 18.3 Å². The van der Waals surface area contributed by atoms with Crippen LogP contribution < -0.4 is 4.74 Å². The van der Waals surface area contributed by atoms with Crippen LogP contribution in [0.4, 0.5) is 0 Å². The van der Waals surface area contributed by atoms with Gasteiger partial charge >= 0.3 is 0 Å². The van der Waals surface area contributed by atoms with Crippen molar-refractivity contribution in [3.05, 3.63) is 23.4 Å². The number of hydrogen-bond acceptors (Lipinski definition) is 4. The van der Waals surface area contributed by atoms with Crippen LogP contribution in [0.15, 0.2) is 12.3 Å². The summed E-state index contributed by atoms with van der Waals surface area (Å²) in [6.07, 6.45) is 1.66. The van der Waals surface area contributed by atoms with E-state index < -0.39 is 0 Å². The van der Waals surface area contributed by atoms with Crippen molar-refractivity contribution in [3.63, 3.8) is 0 Å². The summed E-state index contributed by atoms with van der Waals surface area (Å²) in [6, 6.07) is 3.94. The van der Waals surface area contributed by atoms with Gasteiger partial charge in [-0.15, -0.1) is 0 Å². The quantitative estimate of drug-likeness (QED) is 0.798. The third-order valence-electron chi connectivity index (χ3n) is 3.01. The maximum atomic E-state index is 9.06. The highest BCUT2D eigenvalue weighted by molar-refractivity contribution is 5.43. The SMILES string of the molecule is Cc1ccnc(OCC(C)(C)N(C)C)c1C#N. The zero-order valence-corrected chi connectivity index (χ0v) is 11.1. The highest BCUT2D eigenvalue weighted by Crippen LogP contribution is 2.20. The van der Waals surface area contributed by atoms with Crippen molar-refractivity contribution in [1.29, 1.82) is 5.26 Å². The highest BCUT2D eigenvalue weighted by Gasteiger charge is 2.22. The molecule has 0 aliphatic rings. The van der Waals surface area contributed by atoms with Gasteiger partial charge in [-0.1, -0.05) is 0 Å². The molecule has 4 heteroatoms. The number of aromatic nitrogens is 1. The minimum atomic E-state index is -0.0991. The largest absolute Gasteiger partial charge is 0.475 e. The van der Waals surface area contributed by atoms with E-state index in [0.29, 0.717) is 18.1 Å². The lowest BCUT2D eigenvalue weighted by molar-refractivity contribution is 0.111. The molecule has 0 spiro atoms. The second-order valence-electron chi connectivity index (χ2n) is 4.92. The molecule has 1 aromatic rings. The molecule has 1 rings (SSSR count). The van der Waals surface area contributed by atoms with Gasteiger partial charge in [0.1, 0.15) is 18.2 Å². The molecule has 4 nitrogen and oxygen atoms in total. The molecule has 0 aliphatic carbocycles. The van der Waals surface area contributed by atoms with Gasteiger partial charge in [0.2, 0.25) is 5.88 Å². The van der Waals surface area contributed by atoms with Crippen molar-refractivity contribution < 1.29 is 4.74 Å². The fourth-order valence-corrected chi connectivity index (χ4v) is 1.15. The van der Waals surface area contributed by atoms with Crippen molar-refractivity contribution >= 4 is 0 Å². The normalized spacial score (nSPS) is 11.4. The van der Waals surface area contributed by atoms with Gasteiger partial charge < -0.3 is 9.64 Å². The average molecular weight is 233 g/mol. The van der Waals surface area contributed by atoms with Crippen molar-refractivity contribution in [2.24, 2.45) is 0 Å². The van der Waals surface area contributed by atoms with Crippen LogP contribution in [0.2, 0.25) is 0 Å². The minimum Gasteiger partial charge on any atom is -0.475 e. The van der Waals surface area contributed by atoms with Gasteiger partial charge in [-0.05, 0) is 46.5 Å². The highest BCUT2D eigenvalue weighted by atomic mass is 16.5. The summed E-state index contributed by atoms with van der Waals surface area (Å²) >= 11 is 0. The maximum absolute atomic E-state index is 9.06. The van der Waals surface area contributed by atoms with Crippen molar-refractivity contribution in [2.45, 2.75) is 26.3 Å². The van der Waals surface area contributed by atoms with Gasteiger partial charge in [-0.3, -0.25) is 0 Å². The Morgan fingerprint density at radius 3 is 2.65 bits per heavy atom. The van der Waals surface area contributed by atoms with E-state index in [1.54, 1.807) is 6.20 Å². The average Bonchev–Trinajstić information content (AvgIpc) is 2.26. The Labute approximate surface area is 103 Å². The molecule has 0 fully saturated rings. The minimum absolute atomic E-state index is 0.0991. The number of likely N-dealkylation sites (N-methyl/N-ethyl adjacent to an activating group) is 1. The fraction of sp³-hybridized carbons (Fsp3) is 0.538. The summed E-state index contributed by atoms with van der Waals surface area (Å²) in [5.41, 5.74) is 1.31. The summed E-state index contributed by atoms with van der Waals surface area (Å²) in [7, 11) is 4.00. The first-order valence-electron chi connectivity index (χ1n) is 5.54. The molecular weight excluding hydrogens is 214 g/mol. The Hall–Kier alpha value is -1.60. The summed E-state index contributed by atoms with van der Waals surface area (Å²) in [4.78, 5) is 6.19. The molecular formula is C13H19N3O. The molecule has 0 atom stereocenters. The first-order chi connectivity index (χ1) is 7.88. The molecule has 1 heterocycles. The summed E-state index contributed by atoms with van der Waals surface area (Å²) in [6.45, 7) is 6.53. The zero-order chi connectivity index (χ0) is 13.1. The number of hydrogen-bond donors (Lipinski definition) is 0. The van der Waals surface area contributed by atoms with Crippen LogP contribution in [-0.4, -0.2) is 36.1 Å². The van der Waals surface area contributed by atoms with Gasteiger partial charge in [-0.25, -0.2) is 4.98 Å². The molecule has 0 N–H and O–H groups in total. The molecule has 1 aromatic heterocycles. The van der Waals surface area contributed by atoms with E-state index in [1.807, 2.05) is 27.1 Å². The van der Waals surface area contributed by atoms with Crippen molar-refractivity contribution in [1.82, 2.24) is 9.88 Å². The van der Waals surface area contributed by atoms with Crippen molar-refractivity contribution in [3.8, 4) is 11.9 Å². The number of nitrogens with zero attached hydrogens (tertiary/aromatic N) is 3. The predicted molar refractivity (Wildman–Crippen MR) is 67.0 cm³/mol. The lowest BCUT2D eigenvalue weighted by Gasteiger charge is -2.32. The number of pyridine rings is 1. The first-order valence-corrected chi connectivity index (χ1v) is 5.54. The monoisotopic (exact) mass is 233 g/mol. The summed E-state index contributed by atoms with van der Waals surface area (Å²) < 4.78 is 5.66. The predicted octanol–water partition coefficient (Wildman–Crippen LogP) is 1.98. The van der Waals surface area contributed by atoms with Gasteiger partial charge in [0.15, 0.2) is 0 Å². The van der Waals surface area contributed by atoms with Crippen LogP contribution in [0.3, 0.4) is 0 Å². The van der Waals surface area contributed by atoms with Crippen LogP contribution in [0.1, 0.15) is 25.0 Å². The molecule has 0 unspecified atom stereocenters. The Morgan fingerprint density at radius 1 is 1.47 bits per heavy atom. The molecule has 0 bridgehead atoms. The second kappa shape index (κ2) is 5.15. The van der Waals surface area contributed by atoms with Gasteiger partial charge in [-0.2, -0.15) is 5.26 Å². The number of rotatable bonds is 4. The van der Waals surface area contributed by atoms with E-state index in [9.17, 15) is 0 Å².